The van der Waals surface area contributed by atoms with Gasteiger partial charge in [0.2, 0.25) is 5.91 Å². The Morgan fingerprint density at radius 3 is 2.60 bits per heavy atom. The molecule has 0 unspecified atom stereocenters. The lowest BCUT2D eigenvalue weighted by Crippen LogP contribution is -2.48. The number of hydrogen-bond acceptors (Lipinski definition) is 3. The summed E-state index contributed by atoms with van der Waals surface area (Å²) in [6.45, 7) is -0.169. The van der Waals surface area contributed by atoms with Gasteiger partial charge in [-0.2, -0.15) is 8.78 Å². The van der Waals surface area contributed by atoms with E-state index in [2.05, 4.69) is 15.4 Å². The molecule has 0 spiro atoms. The van der Waals surface area contributed by atoms with Crippen LogP contribution in [-0.2, 0) is 11.2 Å². The Morgan fingerprint density at radius 1 is 1.35 bits per heavy atom. The Kier molecular flexibility index (Phi) is 5.29. The minimum atomic E-state index is -2.81. The first-order chi connectivity index (χ1) is 9.63. The third-order valence-corrected chi connectivity index (χ3v) is 3.24. The van der Waals surface area contributed by atoms with E-state index in [1.807, 2.05) is 0 Å². The highest BCUT2D eigenvalue weighted by molar-refractivity contribution is 5.76. The minimum Gasteiger partial charge on any atom is -0.435 e. The van der Waals surface area contributed by atoms with Crippen LogP contribution in [0.25, 0.3) is 0 Å². The first-order valence-corrected chi connectivity index (χ1v) is 6.64. The smallest absolute Gasteiger partial charge is 0.387 e. The van der Waals surface area contributed by atoms with Gasteiger partial charge in [0.25, 0.3) is 0 Å². The molecular weight excluding hydrogens is 266 g/mol. The van der Waals surface area contributed by atoms with Gasteiger partial charge in [0.05, 0.1) is 0 Å². The van der Waals surface area contributed by atoms with Gasteiger partial charge >= 0.3 is 6.61 Å². The number of amides is 1. The number of rotatable bonds is 7. The minimum absolute atomic E-state index is 0.0183. The van der Waals surface area contributed by atoms with Crippen molar-refractivity contribution in [3.05, 3.63) is 29.8 Å². The predicted molar refractivity (Wildman–Crippen MR) is 70.8 cm³/mol. The van der Waals surface area contributed by atoms with Crippen LogP contribution in [0.3, 0.4) is 0 Å². The van der Waals surface area contributed by atoms with Gasteiger partial charge in [-0.25, -0.2) is 0 Å². The molecule has 0 aromatic heterocycles. The van der Waals surface area contributed by atoms with Crippen molar-refractivity contribution in [1.82, 2.24) is 10.6 Å². The Balaban J connectivity index is 1.68. The molecule has 2 rings (SSSR count). The molecule has 1 aliphatic heterocycles. The van der Waals surface area contributed by atoms with Crippen molar-refractivity contribution in [3.63, 3.8) is 0 Å². The molecule has 1 heterocycles. The summed E-state index contributed by atoms with van der Waals surface area (Å²) < 4.78 is 28.2. The Labute approximate surface area is 116 Å². The van der Waals surface area contributed by atoms with Gasteiger partial charge in [-0.05, 0) is 24.1 Å². The molecule has 1 aromatic carbocycles. The first-order valence-electron chi connectivity index (χ1n) is 6.64. The third-order valence-electron chi connectivity index (χ3n) is 3.24. The number of hydrogen-bond donors (Lipinski definition) is 2. The fourth-order valence-electron chi connectivity index (χ4n) is 1.93. The highest BCUT2D eigenvalue weighted by atomic mass is 19.3. The molecule has 6 heteroatoms. The average Bonchev–Trinajstić information content (AvgIpc) is 2.35. The van der Waals surface area contributed by atoms with Crippen molar-refractivity contribution in [1.29, 1.82) is 0 Å². The van der Waals surface area contributed by atoms with Gasteiger partial charge in [-0.3, -0.25) is 4.79 Å². The standard InChI is InChI=1S/C14H18F2N2O2/c15-14(16)20-12-4-1-10(2-5-12)3-6-13(19)18-9-11-7-17-8-11/h1-2,4-5,11,14,17H,3,6-9H2,(H,18,19). The molecule has 0 aliphatic carbocycles. The van der Waals surface area contributed by atoms with E-state index in [9.17, 15) is 13.6 Å². The second-order valence-corrected chi connectivity index (χ2v) is 4.85. The van der Waals surface area contributed by atoms with E-state index in [-0.39, 0.29) is 11.7 Å². The van der Waals surface area contributed by atoms with Crippen LogP contribution in [-0.4, -0.2) is 32.2 Å². The Bertz CT molecular complexity index is 433. The van der Waals surface area contributed by atoms with Crippen molar-refractivity contribution in [2.75, 3.05) is 19.6 Å². The maximum absolute atomic E-state index is 12.0. The lowest BCUT2D eigenvalue weighted by Gasteiger charge is -2.27. The zero-order valence-electron chi connectivity index (χ0n) is 11.1. The molecule has 110 valence electrons. The van der Waals surface area contributed by atoms with Crippen LogP contribution >= 0.6 is 0 Å². The van der Waals surface area contributed by atoms with Crippen LogP contribution in [0.5, 0.6) is 5.75 Å². The fourth-order valence-corrected chi connectivity index (χ4v) is 1.93. The topological polar surface area (TPSA) is 50.4 Å². The molecule has 1 fully saturated rings. The second kappa shape index (κ2) is 7.19. The van der Waals surface area contributed by atoms with Crippen LogP contribution in [0.4, 0.5) is 8.78 Å². The van der Waals surface area contributed by atoms with Crippen LogP contribution in [0, 0.1) is 5.92 Å². The number of halogens is 2. The van der Waals surface area contributed by atoms with Gasteiger partial charge in [0.1, 0.15) is 5.75 Å². The molecule has 20 heavy (non-hydrogen) atoms. The summed E-state index contributed by atoms with van der Waals surface area (Å²) in [6, 6.07) is 6.36. The number of alkyl halides is 2. The van der Waals surface area contributed by atoms with Crippen molar-refractivity contribution in [2.45, 2.75) is 19.5 Å². The van der Waals surface area contributed by atoms with E-state index in [0.29, 0.717) is 25.3 Å². The van der Waals surface area contributed by atoms with Gasteiger partial charge in [-0.1, -0.05) is 12.1 Å². The molecule has 0 radical (unpaired) electrons. The van der Waals surface area contributed by atoms with Crippen LogP contribution in [0.2, 0.25) is 0 Å². The van der Waals surface area contributed by atoms with Crippen molar-refractivity contribution in [3.8, 4) is 5.75 Å². The molecule has 0 saturated carbocycles. The largest absolute Gasteiger partial charge is 0.435 e. The van der Waals surface area contributed by atoms with Crippen molar-refractivity contribution < 1.29 is 18.3 Å². The molecule has 1 aromatic rings. The number of benzene rings is 1. The van der Waals surface area contributed by atoms with Crippen molar-refractivity contribution in [2.24, 2.45) is 5.92 Å². The summed E-state index contributed by atoms with van der Waals surface area (Å²) in [6.07, 6.45) is 0.985. The zero-order chi connectivity index (χ0) is 14.4. The number of carbonyl (C=O) groups is 1. The van der Waals surface area contributed by atoms with Gasteiger partial charge in [-0.15, -0.1) is 0 Å². The summed E-state index contributed by atoms with van der Waals surface area (Å²) in [7, 11) is 0. The van der Waals surface area contributed by atoms with E-state index in [0.717, 1.165) is 18.7 Å². The molecule has 4 nitrogen and oxygen atoms in total. The summed E-state index contributed by atoms with van der Waals surface area (Å²) >= 11 is 0. The van der Waals surface area contributed by atoms with Gasteiger partial charge < -0.3 is 15.4 Å². The van der Waals surface area contributed by atoms with Crippen LogP contribution < -0.4 is 15.4 Å². The Morgan fingerprint density at radius 2 is 2.05 bits per heavy atom. The summed E-state index contributed by atoms with van der Waals surface area (Å²) in [5.41, 5.74) is 0.923. The van der Waals surface area contributed by atoms with E-state index in [4.69, 9.17) is 0 Å². The normalized spacial score (nSPS) is 14.9. The number of nitrogens with one attached hydrogen (secondary N) is 2. The number of carbonyl (C=O) groups excluding carboxylic acids is 1. The van der Waals surface area contributed by atoms with E-state index in [1.54, 1.807) is 12.1 Å². The van der Waals surface area contributed by atoms with E-state index in [1.165, 1.54) is 12.1 Å². The highest BCUT2D eigenvalue weighted by Crippen LogP contribution is 2.15. The quantitative estimate of drug-likeness (QED) is 0.799. The lowest BCUT2D eigenvalue weighted by atomic mass is 10.0. The molecule has 1 aliphatic rings. The summed E-state index contributed by atoms with van der Waals surface area (Å²) in [5, 5.41) is 6.03. The highest BCUT2D eigenvalue weighted by Gasteiger charge is 2.16. The van der Waals surface area contributed by atoms with Crippen LogP contribution in [0.1, 0.15) is 12.0 Å². The zero-order valence-corrected chi connectivity index (χ0v) is 11.1. The van der Waals surface area contributed by atoms with Crippen molar-refractivity contribution >= 4 is 5.91 Å². The fraction of sp³-hybridized carbons (Fsp3) is 0.500. The maximum Gasteiger partial charge on any atom is 0.387 e. The van der Waals surface area contributed by atoms with E-state index < -0.39 is 6.61 Å². The summed E-state index contributed by atoms with van der Waals surface area (Å²) in [5.74, 6) is 0.695. The number of ether oxygens (including phenoxy) is 1. The van der Waals surface area contributed by atoms with Gasteiger partial charge in [0, 0.05) is 32.0 Å². The molecule has 0 bridgehead atoms. The average molecular weight is 284 g/mol. The monoisotopic (exact) mass is 284 g/mol. The van der Waals surface area contributed by atoms with Crippen LogP contribution in [0.15, 0.2) is 24.3 Å². The number of aryl methyl sites for hydroxylation is 1. The van der Waals surface area contributed by atoms with Gasteiger partial charge in [0.15, 0.2) is 0 Å². The summed E-state index contributed by atoms with van der Waals surface area (Å²) in [4.78, 5) is 11.6. The predicted octanol–water partition coefficient (Wildman–Crippen LogP) is 1.56. The molecule has 0 atom stereocenters. The first kappa shape index (κ1) is 14.7. The SMILES string of the molecule is O=C(CCc1ccc(OC(F)F)cc1)NCC1CNC1. The lowest BCUT2D eigenvalue weighted by molar-refractivity contribution is -0.121. The molecule has 1 amide bonds. The molecule has 2 N–H and O–H groups in total. The third kappa shape index (κ3) is 4.77. The van der Waals surface area contributed by atoms with E-state index >= 15 is 0 Å². The second-order valence-electron chi connectivity index (χ2n) is 4.85. The molecular formula is C14H18F2N2O2. The molecule has 1 saturated heterocycles. The Hall–Kier alpha value is -1.69. The maximum atomic E-state index is 12.0.